The van der Waals surface area contributed by atoms with Crippen LogP contribution in [0.2, 0.25) is 0 Å². The molecule has 0 aromatic carbocycles. The number of imide groups is 1. The van der Waals surface area contributed by atoms with Gasteiger partial charge in [-0.1, -0.05) is 20.3 Å². The summed E-state index contributed by atoms with van der Waals surface area (Å²) < 4.78 is 0. The lowest BCUT2D eigenvalue weighted by Gasteiger charge is -2.17. The Bertz CT molecular complexity index is 254. The molecule has 0 aromatic rings. The molecule has 2 N–H and O–H groups in total. The third-order valence-corrected chi connectivity index (χ3v) is 3.11. The van der Waals surface area contributed by atoms with Gasteiger partial charge in [0.1, 0.15) is 0 Å². The van der Waals surface area contributed by atoms with E-state index in [9.17, 15) is 9.59 Å². The number of carbonyl (C=O) groups is 2. The van der Waals surface area contributed by atoms with E-state index in [-0.39, 0.29) is 11.8 Å². The Balaban J connectivity index is 0.000000212. The van der Waals surface area contributed by atoms with Gasteiger partial charge in [0.25, 0.3) is 0 Å². The topological polar surface area (TPSA) is 58.2 Å². The fourth-order valence-corrected chi connectivity index (χ4v) is 2.14. The summed E-state index contributed by atoms with van der Waals surface area (Å²) in [5, 5.41) is 5.54. The fraction of sp³-hybridized carbons (Fsp3) is 0.833. The quantitative estimate of drug-likeness (QED) is 0.696. The molecular weight excluding hydrogens is 204 g/mol. The maximum atomic E-state index is 11.2. The molecule has 2 rings (SSSR count). The largest absolute Gasteiger partial charge is 0.317 e. The predicted octanol–water partition coefficient (Wildman–Crippen LogP) is 1.21. The summed E-state index contributed by atoms with van der Waals surface area (Å²) in [4.78, 5) is 22.0. The molecule has 2 aliphatic heterocycles. The molecule has 0 bridgehead atoms. The average molecular weight is 226 g/mol. The Morgan fingerprint density at radius 2 is 1.88 bits per heavy atom. The second-order valence-electron chi connectivity index (χ2n) is 4.82. The Morgan fingerprint density at radius 1 is 1.25 bits per heavy atom. The zero-order chi connectivity index (χ0) is 12.0. The molecule has 1 atom stereocenters. The zero-order valence-electron chi connectivity index (χ0n) is 10.3. The van der Waals surface area contributed by atoms with Crippen LogP contribution in [-0.2, 0) is 9.59 Å². The second kappa shape index (κ2) is 5.99. The highest BCUT2D eigenvalue weighted by Gasteiger charge is 2.41. The number of hydrogen-bond donors (Lipinski definition) is 2. The minimum absolute atomic E-state index is 0.107. The van der Waals surface area contributed by atoms with Gasteiger partial charge >= 0.3 is 0 Å². The van der Waals surface area contributed by atoms with E-state index in [1.807, 2.05) is 13.8 Å². The molecular formula is C12H22N2O2. The van der Waals surface area contributed by atoms with Crippen molar-refractivity contribution in [1.29, 1.82) is 0 Å². The molecule has 0 radical (unpaired) electrons. The summed E-state index contributed by atoms with van der Waals surface area (Å²) in [5.74, 6) is -0.240. The van der Waals surface area contributed by atoms with Crippen molar-refractivity contribution in [3.8, 4) is 0 Å². The van der Waals surface area contributed by atoms with Gasteiger partial charge in [-0.15, -0.1) is 0 Å². The van der Waals surface area contributed by atoms with E-state index in [0.29, 0.717) is 6.42 Å². The van der Waals surface area contributed by atoms with E-state index < -0.39 is 5.41 Å². The Labute approximate surface area is 97.2 Å². The van der Waals surface area contributed by atoms with Crippen LogP contribution in [0.3, 0.4) is 0 Å². The van der Waals surface area contributed by atoms with Crippen LogP contribution < -0.4 is 10.6 Å². The first kappa shape index (κ1) is 13.2. The zero-order valence-corrected chi connectivity index (χ0v) is 10.3. The number of nitrogens with one attached hydrogen (secondary N) is 2. The second-order valence-corrected chi connectivity index (χ2v) is 4.82. The standard InChI is InChI=1S/C8H13NO2.C4H9N/c1-3-4-8(2)5-6(10)9-7(8)11;1-2-4-5-3-1/h3-5H2,1-2H3,(H,9,10,11);5H,1-4H2. The first-order valence-electron chi connectivity index (χ1n) is 6.13. The van der Waals surface area contributed by atoms with Gasteiger partial charge in [-0.05, 0) is 32.4 Å². The van der Waals surface area contributed by atoms with E-state index in [4.69, 9.17) is 0 Å². The first-order chi connectivity index (χ1) is 7.58. The van der Waals surface area contributed by atoms with Gasteiger partial charge in [-0.25, -0.2) is 0 Å². The maximum Gasteiger partial charge on any atom is 0.233 e. The van der Waals surface area contributed by atoms with Crippen molar-refractivity contribution in [1.82, 2.24) is 10.6 Å². The monoisotopic (exact) mass is 226 g/mol. The highest BCUT2D eigenvalue weighted by atomic mass is 16.2. The number of rotatable bonds is 2. The van der Waals surface area contributed by atoms with Crippen molar-refractivity contribution < 1.29 is 9.59 Å². The molecule has 2 aliphatic rings. The smallest absolute Gasteiger partial charge is 0.233 e. The van der Waals surface area contributed by atoms with Gasteiger partial charge in [-0.2, -0.15) is 0 Å². The molecule has 0 saturated carbocycles. The van der Waals surface area contributed by atoms with Crippen molar-refractivity contribution >= 4 is 11.8 Å². The molecule has 4 nitrogen and oxygen atoms in total. The molecule has 0 spiro atoms. The van der Waals surface area contributed by atoms with Crippen molar-refractivity contribution in [2.45, 2.75) is 46.0 Å². The van der Waals surface area contributed by atoms with E-state index in [2.05, 4.69) is 10.6 Å². The van der Waals surface area contributed by atoms with Crippen LogP contribution >= 0.6 is 0 Å². The van der Waals surface area contributed by atoms with Crippen LogP contribution in [0, 0.1) is 5.41 Å². The normalized spacial score (nSPS) is 28.6. The van der Waals surface area contributed by atoms with Crippen LogP contribution in [0.4, 0.5) is 0 Å². The van der Waals surface area contributed by atoms with Crippen molar-refractivity contribution in [3.63, 3.8) is 0 Å². The van der Waals surface area contributed by atoms with Crippen LogP contribution in [0.1, 0.15) is 46.0 Å². The summed E-state index contributed by atoms with van der Waals surface area (Å²) >= 11 is 0. The van der Waals surface area contributed by atoms with Gasteiger partial charge in [-0.3, -0.25) is 14.9 Å². The summed E-state index contributed by atoms with van der Waals surface area (Å²) in [7, 11) is 0. The van der Waals surface area contributed by atoms with E-state index in [1.165, 1.54) is 25.9 Å². The number of hydrogen-bond acceptors (Lipinski definition) is 3. The van der Waals surface area contributed by atoms with Crippen molar-refractivity contribution in [2.24, 2.45) is 5.41 Å². The lowest BCUT2D eigenvalue weighted by Crippen LogP contribution is -2.28. The molecule has 4 heteroatoms. The molecule has 0 aliphatic carbocycles. The van der Waals surface area contributed by atoms with Crippen LogP contribution in [0.5, 0.6) is 0 Å². The summed E-state index contributed by atoms with van der Waals surface area (Å²) in [5.41, 5.74) is -0.425. The fourth-order valence-electron chi connectivity index (χ4n) is 2.14. The van der Waals surface area contributed by atoms with E-state index in [0.717, 1.165) is 12.8 Å². The molecule has 2 fully saturated rings. The molecule has 92 valence electrons. The molecule has 2 saturated heterocycles. The predicted molar refractivity (Wildman–Crippen MR) is 62.9 cm³/mol. The molecule has 0 aromatic heterocycles. The molecule has 2 heterocycles. The minimum atomic E-state index is -0.425. The van der Waals surface area contributed by atoms with Crippen molar-refractivity contribution in [3.05, 3.63) is 0 Å². The molecule has 2 amide bonds. The average Bonchev–Trinajstić information content (AvgIpc) is 2.80. The van der Waals surface area contributed by atoms with Crippen LogP contribution in [0.25, 0.3) is 0 Å². The van der Waals surface area contributed by atoms with Gasteiger partial charge in [0.15, 0.2) is 0 Å². The van der Waals surface area contributed by atoms with Gasteiger partial charge in [0, 0.05) is 6.42 Å². The van der Waals surface area contributed by atoms with Crippen LogP contribution in [-0.4, -0.2) is 24.9 Å². The SMILES string of the molecule is C1CCNC1.CCCC1(C)CC(=O)NC1=O. The highest BCUT2D eigenvalue weighted by molar-refractivity contribution is 6.05. The molecule has 1 unspecified atom stereocenters. The third-order valence-electron chi connectivity index (χ3n) is 3.11. The third kappa shape index (κ3) is 3.59. The Morgan fingerprint density at radius 3 is 2.19 bits per heavy atom. The first-order valence-corrected chi connectivity index (χ1v) is 6.13. The lowest BCUT2D eigenvalue weighted by molar-refractivity contribution is -0.128. The highest BCUT2D eigenvalue weighted by Crippen LogP contribution is 2.31. The number of carbonyl (C=O) groups excluding carboxylic acids is 2. The minimum Gasteiger partial charge on any atom is -0.317 e. The van der Waals surface area contributed by atoms with E-state index >= 15 is 0 Å². The van der Waals surface area contributed by atoms with E-state index in [1.54, 1.807) is 0 Å². The Kier molecular flexibility index (Phi) is 4.93. The molecule has 16 heavy (non-hydrogen) atoms. The lowest BCUT2D eigenvalue weighted by atomic mass is 9.84. The van der Waals surface area contributed by atoms with Gasteiger partial charge < -0.3 is 5.32 Å². The number of amides is 2. The van der Waals surface area contributed by atoms with Crippen LogP contribution in [0.15, 0.2) is 0 Å². The maximum absolute atomic E-state index is 11.2. The summed E-state index contributed by atoms with van der Waals surface area (Å²) in [6.07, 6.45) is 4.88. The van der Waals surface area contributed by atoms with Crippen molar-refractivity contribution in [2.75, 3.05) is 13.1 Å². The van der Waals surface area contributed by atoms with Gasteiger partial charge in [0.05, 0.1) is 5.41 Å². The summed E-state index contributed by atoms with van der Waals surface area (Å²) in [6.45, 7) is 6.36. The summed E-state index contributed by atoms with van der Waals surface area (Å²) in [6, 6.07) is 0. The van der Waals surface area contributed by atoms with Gasteiger partial charge in [0.2, 0.25) is 11.8 Å². The Hall–Kier alpha value is -0.900.